The van der Waals surface area contributed by atoms with Gasteiger partial charge in [0.15, 0.2) is 6.10 Å². The molecule has 2 atom stereocenters. The number of β-lactam (4-membered cyclic amide) rings is 1. The highest BCUT2D eigenvalue weighted by Crippen LogP contribution is 2.43. The predicted octanol–water partition coefficient (Wildman–Crippen LogP) is 4.69. The minimum Gasteiger partial charge on any atom is -0.448 e. The molecule has 6 rings (SSSR count). The summed E-state index contributed by atoms with van der Waals surface area (Å²) in [5.74, 6) is -0.435. The number of rotatable bonds is 10. The van der Waals surface area contributed by atoms with Crippen LogP contribution in [0.3, 0.4) is 0 Å². The summed E-state index contributed by atoms with van der Waals surface area (Å²) in [6.45, 7) is 0. The number of fused-ring (bicyclic) bond motifs is 1. The summed E-state index contributed by atoms with van der Waals surface area (Å²) in [5, 5.41) is 14.6. The van der Waals surface area contributed by atoms with Crippen LogP contribution in [0.15, 0.2) is 112 Å². The van der Waals surface area contributed by atoms with Crippen molar-refractivity contribution in [3.8, 4) is 0 Å². The van der Waals surface area contributed by atoms with Crippen molar-refractivity contribution >= 4 is 52.9 Å². The summed E-state index contributed by atoms with van der Waals surface area (Å²) < 4.78 is 7.77. The van der Waals surface area contributed by atoms with E-state index in [0.717, 1.165) is 27.8 Å². The highest BCUT2D eigenvalue weighted by Gasteiger charge is 2.54. The molecule has 3 aromatic rings. The Labute approximate surface area is 273 Å². The van der Waals surface area contributed by atoms with E-state index >= 15 is 0 Å². The van der Waals surface area contributed by atoms with E-state index < -0.39 is 23.5 Å². The van der Waals surface area contributed by atoms with Crippen LogP contribution in [0.25, 0.3) is 0 Å². The van der Waals surface area contributed by atoms with Crippen molar-refractivity contribution in [3.05, 3.63) is 118 Å². The third-order valence-electron chi connectivity index (χ3n) is 7.61. The number of tetrazole rings is 1. The van der Waals surface area contributed by atoms with Crippen LogP contribution in [0.2, 0.25) is 0 Å². The molecule has 1 aromatic heterocycles. The number of nitrogens with one attached hydrogen (secondary N) is 1. The molecule has 10 nitrogen and oxygen atoms in total. The number of allylic oxidation sites excluding steroid dienone is 4. The Morgan fingerprint density at radius 1 is 1.16 bits per heavy atom. The van der Waals surface area contributed by atoms with Crippen LogP contribution < -0.4 is 5.32 Å². The topological polar surface area (TPSA) is 119 Å². The van der Waals surface area contributed by atoms with Gasteiger partial charge in [0, 0.05) is 24.1 Å². The quantitative estimate of drug-likeness (QED) is 0.188. The van der Waals surface area contributed by atoms with Gasteiger partial charge in [0.05, 0.1) is 6.42 Å². The maximum absolute atomic E-state index is 14.1. The largest absolute Gasteiger partial charge is 0.448 e. The van der Waals surface area contributed by atoms with Gasteiger partial charge in [-0.1, -0.05) is 102 Å². The maximum Gasteiger partial charge on any atom is 0.356 e. The van der Waals surface area contributed by atoms with Crippen molar-refractivity contribution in [1.29, 1.82) is 0 Å². The van der Waals surface area contributed by atoms with Crippen molar-refractivity contribution in [2.75, 3.05) is 11.5 Å². The second kappa shape index (κ2) is 13.9. The number of aryl methyl sites for hydroxylation is 1. The van der Waals surface area contributed by atoms with Crippen LogP contribution in [0.1, 0.15) is 30.1 Å². The summed E-state index contributed by atoms with van der Waals surface area (Å²) in [6, 6.07) is 18.2. The van der Waals surface area contributed by atoms with Gasteiger partial charge in [0.25, 0.3) is 5.91 Å². The van der Waals surface area contributed by atoms with Gasteiger partial charge in [-0.15, -0.1) is 16.9 Å². The first-order chi connectivity index (χ1) is 21.9. The Kier molecular flexibility index (Phi) is 9.53. The van der Waals surface area contributed by atoms with Gasteiger partial charge in [0.2, 0.25) is 11.1 Å². The minimum atomic E-state index is -0.773. The first-order valence-electron chi connectivity index (χ1n) is 14.2. The first-order valence-corrected chi connectivity index (χ1v) is 16.7. The van der Waals surface area contributed by atoms with Crippen molar-refractivity contribution in [1.82, 2.24) is 30.4 Å². The number of halogens is 1. The molecule has 2 aliphatic heterocycles. The molecule has 0 bridgehead atoms. The number of amides is 2. The first kappa shape index (κ1) is 30.9. The number of aromatic nitrogens is 4. The average Bonchev–Trinajstić information content (AvgIpc) is 3.49. The molecule has 2 amide bonds. The maximum atomic E-state index is 14.1. The van der Waals surface area contributed by atoms with E-state index in [9.17, 15) is 14.4 Å². The molecule has 230 valence electrons. The molecule has 2 aromatic carbocycles. The third kappa shape index (κ3) is 6.63. The number of carbonyl (C=O) groups is 3. The minimum absolute atomic E-state index is 0.0955. The van der Waals surface area contributed by atoms with E-state index in [1.807, 2.05) is 78.9 Å². The molecular formula is C32H29ClN6O4S2. The van der Waals surface area contributed by atoms with Gasteiger partial charge in [-0.05, 0) is 44.7 Å². The van der Waals surface area contributed by atoms with Gasteiger partial charge < -0.3 is 10.1 Å². The van der Waals surface area contributed by atoms with Crippen LogP contribution >= 0.6 is 35.1 Å². The van der Waals surface area contributed by atoms with E-state index in [1.165, 1.54) is 34.0 Å². The lowest BCUT2D eigenvalue weighted by Crippen LogP contribution is -2.70. The zero-order valence-corrected chi connectivity index (χ0v) is 26.6. The van der Waals surface area contributed by atoms with Gasteiger partial charge in [-0.25, -0.2) is 9.48 Å². The fraction of sp³-hybridized carbons (Fsp3) is 0.250. The van der Waals surface area contributed by atoms with Gasteiger partial charge >= 0.3 is 5.97 Å². The smallest absolute Gasteiger partial charge is 0.356 e. The molecular weight excluding hydrogens is 632 g/mol. The molecule has 13 heteroatoms. The second-order valence-corrected chi connectivity index (χ2v) is 12.8. The standard InChI is InChI=1S/C32H29ClN6O4S2/c1-38-32(35-36-37-38)45-19-24-18-44-30-26(34-25(40)16-22-14-8-9-15-23(22)17-33)29(41)39(30)27(24)31(42)43-28(20-10-4-2-5-11-20)21-12-6-3-7-13-21/h2-14,17,26,28,30H,15-16,18-19H2,1H3,(H,34,40)/t26?,30-/m0/s1. The third-order valence-corrected chi connectivity index (χ3v) is 10.3. The van der Waals surface area contributed by atoms with Gasteiger partial charge in [-0.2, -0.15) is 0 Å². The van der Waals surface area contributed by atoms with E-state index in [1.54, 1.807) is 11.7 Å². The normalized spacial score (nSPS) is 20.2. The van der Waals surface area contributed by atoms with Crippen LogP contribution in [-0.2, 0) is 26.2 Å². The fourth-order valence-corrected chi connectivity index (χ4v) is 7.89. The predicted molar refractivity (Wildman–Crippen MR) is 173 cm³/mol. The Morgan fingerprint density at radius 2 is 1.87 bits per heavy atom. The fourth-order valence-electron chi connectivity index (χ4n) is 5.33. The highest BCUT2D eigenvalue weighted by molar-refractivity contribution is 8.01. The molecule has 1 unspecified atom stereocenters. The van der Waals surface area contributed by atoms with E-state index in [-0.39, 0.29) is 23.9 Å². The highest BCUT2D eigenvalue weighted by atomic mass is 35.5. The number of thioether (sulfide) groups is 2. The zero-order chi connectivity index (χ0) is 31.3. The number of nitrogens with zero attached hydrogens (tertiary/aromatic N) is 5. The number of hydrogen-bond donors (Lipinski definition) is 1. The lowest BCUT2D eigenvalue weighted by molar-refractivity contribution is -0.154. The Morgan fingerprint density at radius 3 is 2.51 bits per heavy atom. The Hall–Kier alpha value is -4.13. The van der Waals surface area contributed by atoms with Crippen LogP contribution in [-0.4, -0.2) is 65.8 Å². The van der Waals surface area contributed by atoms with Crippen molar-refractivity contribution in [3.63, 3.8) is 0 Å². The summed E-state index contributed by atoms with van der Waals surface area (Å²) >= 11 is 8.82. The molecule has 1 fully saturated rings. The SMILES string of the molecule is Cn1nnnc1SCC1=C(C(=O)OC(c2ccccc2)c2ccccc2)N2C(=O)C(NC(=O)CC3=CC=CCC3=CCl)[C@@H]2SC1. The molecule has 45 heavy (non-hydrogen) atoms. The molecule has 3 heterocycles. The summed E-state index contributed by atoms with van der Waals surface area (Å²) in [7, 11) is 1.74. The number of carbonyl (C=O) groups excluding carboxylic acids is 3. The molecule has 0 spiro atoms. The molecule has 1 N–H and O–H groups in total. The molecule has 3 aliphatic rings. The van der Waals surface area contributed by atoms with Crippen molar-refractivity contribution < 1.29 is 19.1 Å². The lowest BCUT2D eigenvalue weighted by atomic mass is 9.96. The van der Waals surface area contributed by atoms with E-state index in [4.69, 9.17) is 16.3 Å². The molecule has 0 radical (unpaired) electrons. The summed E-state index contributed by atoms with van der Waals surface area (Å²) in [6.07, 6.45) is 5.75. The molecule has 1 aliphatic carbocycles. The lowest BCUT2D eigenvalue weighted by Gasteiger charge is -2.50. The monoisotopic (exact) mass is 660 g/mol. The van der Waals surface area contributed by atoms with E-state index in [2.05, 4.69) is 20.8 Å². The van der Waals surface area contributed by atoms with E-state index in [0.29, 0.717) is 23.1 Å². The Balaban J connectivity index is 1.25. The average molecular weight is 661 g/mol. The summed E-state index contributed by atoms with van der Waals surface area (Å²) in [5.41, 5.74) is 5.68. The molecule has 0 saturated carbocycles. The second-order valence-electron chi connectivity index (χ2n) is 10.5. The Bertz CT molecular complexity index is 1680. The van der Waals surface area contributed by atoms with Gasteiger partial charge in [0.1, 0.15) is 17.1 Å². The number of benzene rings is 2. The number of esters is 1. The van der Waals surface area contributed by atoms with Crippen LogP contribution in [0.5, 0.6) is 0 Å². The number of ether oxygens (including phenoxy) is 1. The van der Waals surface area contributed by atoms with Crippen LogP contribution in [0.4, 0.5) is 0 Å². The van der Waals surface area contributed by atoms with Gasteiger partial charge in [-0.3, -0.25) is 14.5 Å². The molecule has 1 saturated heterocycles. The zero-order valence-electron chi connectivity index (χ0n) is 24.2. The van der Waals surface area contributed by atoms with Crippen molar-refractivity contribution in [2.45, 2.75) is 35.5 Å². The van der Waals surface area contributed by atoms with Crippen LogP contribution in [0, 0.1) is 0 Å². The number of hydrogen-bond acceptors (Lipinski definition) is 9. The summed E-state index contributed by atoms with van der Waals surface area (Å²) in [4.78, 5) is 42.3. The van der Waals surface area contributed by atoms with Crippen molar-refractivity contribution in [2.24, 2.45) is 7.05 Å².